The van der Waals surface area contributed by atoms with Gasteiger partial charge in [-0.15, -0.1) is 24.0 Å². The van der Waals surface area contributed by atoms with Crippen LogP contribution in [-0.4, -0.2) is 51.3 Å². The van der Waals surface area contributed by atoms with Gasteiger partial charge >= 0.3 is 0 Å². The number of benzene rings is 2. The third-order valence-corrected chi connectivity index (χ3v) is 5.02. The standard InChI is InChI=1S/C22H30N4O.HI/c1-18-8-4-5-10-20(18)17-25(3)22(23-2)24-16-19-9-6-7-11-21(19)26-12-14-27-15-13-26;/h4-11H,12-17H2,1-3H3,(H,23,24);1H. The number of aliphatic imine (C=N–C) groups is 1. The monoisotopic (exact) mass is 494 g/mol. The predicted molar refractivity (Wildman–Crippen MR) is 128 cm³/mol. The van der Waals surface area contributed by atoms with E-state index in [4.69, 9.17) is 4.74 Å². The van der Waals surface area contributed by atoms with E-state index in [0.29, 0.717) is 0 Å². The molecule has 0 aliphatic carbocycles. The normalized spacial score (nSPS) is 14.4. The molecule has 1 heterocycles. The highest BCUT2D eigenvalue weighted by Gasteiger charge is 2.15. The Morgan fingerprint density at radius 1 is 1.07 bits per heavy atom. The second-order valence-corrected chi connectivity index (χ2v) is 6.91. The first-order valence-electron chi connectivity index (χ1n) is 9.56. The molecule has 0 amide bonds. The lowest BCUT2D eigenvalue weighted by molar-refractivity contribution is 0.122. The first-order chi connectivity index (χ1) is 13.2. The zero-order valence-corrected chi connectivity index (χ0v) is 19.3. The number of nitrogens with zero attached hydrogens (tertiary/aromatic N) is 3. The van der Waals surface area contributed by atoms with E-state index >= 15 is 0 Å². The fourth-order valence-corrected chi connectivity index (χ4v) is 3.45. The predicted octanol–water partition coefficient (Wildman–Crippen LogP) is 3.66. The van der Waals surface area contributed by atoms with Crippen LogP contribution in [0.1, 0.15) is 16.7 Å². The van der Waals surface area contributed by atoms with Crippen molar-refractivity contribution in [3.63, 3.8) is 0 Å². The summed E-state index contributed by atoms with van der Waals surface area (Å²) in [6.07, 6.45) is 0. The van der Waals surface area contributed by atoms with Crippen molar-refractivity contribution in [2.75, 3.05) is 45.3 Å². The number of para-hydroxylation sites is 1. The van der Waals surface area contributed by atoms with Crippen molar-refractivity contribution in [2.45, 2.75) is 20.0 Å². The molecule has 1 aliphatic rings. The van der Waals surface area contributed by atoms with Gasteiger partial charge in [0.2, 0.25) is 0 Å². The Morgan fingerprint density at radius 2 is 1.71 bits per heavy atom. The summed E-state index contributed by atoms with van der Waals surface area (Å²) in [5, 5.41) is 3.52. The number of guanidine groups is 1. The summed E-state index contributed by atoms with van der Waals surface area (Å²) in [4.78, 5) is 9.04. The van der Waals surface area contributed by atoms with Gasteiger partial charge in [0.25, 0.3) is 0 Å². The van der Waals surface area contributed by atoms with Crippen LogP contribution >= 0.6 is 24.0 Å². The Hall–Kier alpha value is -1.80. The molecule has 152 valence electrons. The van der Waals surface area contributed by atoms with Crippen LogP contribution in [0.25, 0.3) is 0 Å². The zero-order chi connectivity index (χ0) is 19.1. The number of hydrogen-bond acceptors (Lipinski definition) is 3. The van der Waals surface area contributed by atoms with Gasteiger partial charge in [0, 0.05) is 46.0 Å². The Kier molecular flexibility index (Phi) is 9.05. The number of nitrogens with one attached hydrogen (secondary N) is 1. The van der Waals surface area contributed by atoms with Gasteiger partial charge in [-0.2, -0.15) is 0 Å². The van der Waals surface area contributed by atoms with Crippen molar-refractivity contribution in [3.8, 4) is 0 Å². The van der Waals surface area contributed by atoms with Gasteiger partial charge < -0.3 is 19.9 Å². The van der Waals surface area contributed by atoms with E-state index in [1.807, 2.05) is 7.05 Å². The van der Waals surface area contributed by atoms with Crippen molar-refractivity contribution in [1.82, 2.24) is 10.2 Å². The van der Waals surface area contributed by atoms with E-state index in [2.05, 4.69) is 82.6 Å². The molecule has 28 heavy (non-hydrogen) atoms. The molecule has 0 radical (unpaired) electrons. The van der Waals surface area contributed by atoms with Gasteiger partial charge in [-0.25, -0.2) is 0 Å². The number of rotatable bonds is 5. The number of anilines is 1. The maximum atomic E-state index is 5.49. The fourth-order valence-electron chi connectivity index (χ4n) is 3.45. The van der Waals surface area contributed by atoms with Gasteiger partial charge in [-0.3, -0.25) is 4.99 Å². The molecule has 5 nitrogen and oxygen atoms in total. The molecule has 1 saturated heterocycles. The first-order valence-corrected chi connectivity index (χ1v) is 9.56. The SMILES string of the molecule is CN=C(NCc1ccccc1N1CCOCC1)N(C)Cc1ccccc1C.I. The molecule has 6 heteroatoms. The van der Waals surface area contributed by atoms with Gasteiger partial charge in [-0.1, -0.05) is 42.5 Å². The van der Waals surface area contributed by atoms with Crippen molar-refractivity contribution >= 4 is 35.6 Å². The van der Waals surface area contributed by atoms with E-state index in [0.717, 1.165) is 45.4 Å². The van der Waals surface area contributed by atoms with Crippen molar-refractivity contribution in [1.29, 1.82) is 0 Å². The number of hydrogen-bond donors (Lipinski definition) is 1. The average molecular weight is 494 g/mol. The molecule has 0 bridgehead atoms. The van der Waals surface area contributed by atoms with Crippen LogP contribution in [0.4, 0.5) is 5.69 Å². The van der Waals surface area contributed by atoms with E-state index in [-0.39, 0.29) is 24.0 Å². The molecule has 3 rings (SSSR count). The Bertz CT molecular complexity index is 775. The summed E-state index contributed by atoms with van der Waals surface area (Å²) in [5.74, 6) is 0.898. The molecule has 1 N–H and O–H groups in total. The molecular weight excluding hydrogens is 463 g/mol. The molecule has 1 fully saturated rings. The summed E-state index contributed by atoms with van der Waals surface area (Å²) >= 11 is 0. The topological polar surface area (TPSA) is 40.1 Å². The molecule has 2 aromatic rings. The van der Waals surface area contributed by atoms with Crippen LogP contribution in [-0.2, 0) is 17.8 Å². The van der Waals surface area contributed by atoms with Gasteiger partial charge in [0.1, 0.15) is 0 Å². The smallest absolute Gasteiger partial charge is 0.193 e. The summed E-state index contributed by atoms with van der Waals surface area (Å²) in [5.41, 5.74) is 5.18. The largest absolute Gasteiger partial charge is 0.378 e. The van der Waals surface area contributed by atoms with Crippen LogP contribution in [0.15, 0.2) is 53.5 Å². The number of halogens is 1. The van der Waals surface area contributed by atoms with Crippen LogP contribution < -0.4 is 10.2 Å². The molecular formula is C22H31IN4O. The Balaban J connectivity index is 0.00000280. The minimum Gasteiger partial charge on any atom is -0.378 e. The van der Waals surface area contributed by atoms with Crippen molar-refractivity contribution in [2.24, 2.45) is 4.99 Å². The Morgan fingerprint density at radius 3 is 2.39 bits per heavy atom. The third kappa shape index (κ3) is 5.85. The molecule has 1 aliphatic heterocycles. The van der Waals surface area contributed by atoms with Crippen LogP contribution in [0.3, 0.4) is 0 Å². The van der Waals surface area contributed by atoms with Gasteiger partial charge in [0.15, 0.2) is 5.96 Å². The van der Waals surface area contributed by atoms with Gasteiger partial charge in [0.05, 0.1) is 13.2 Å². The van der Waals surface area contributed by atoms with Crippen LogP contribution in [0.5, 0.6) is 0 Å². The minimum absolute atomic E-state index is 0. The van der Waals surface area contributed by atoms with E-state index in [1.54, 1.807) is 0 Å². The quantitative estimate of drug-likeness (QED) is 0.392. The van der Waals surface area contributed by atoms with Crippen LogP contribution in [0, 0.1) is 6.92 Å². The molecule has 0 aromatic heterocycles. The lowest BCUT2D eigenvalue weighted by Gasteiger charge is -2.31. The van der Waals surface area contributed by atoms with E-state index in [9.17, 15) is 0 Å². The van der Waals surface area contributed by atoms with E-state index < -0.39 is 0 Å². The summed E-state index contributed by atoms with van der Waals surface area (Å²) in [6.45, 7) is 7.21. The second kappa shape index (κ2) is 11.3. The highest BCUT2D eigenvalue weighted by molar-refractivity contribution is 14.0. The highest BCUT2D eigenvalue weighted by atomic mass is 127. The summed E-state index contributed by atoms with van der Waals surface area (Å²) in [7, 11) is 3.92. The fraction of sp³-hybridized carbons (Fsp3) is 0.409. The highest BCUT2D eigenvalue weighted by Crippen LogP contribution is 2.21. The van der Waals surface area contributed by atoms with Gasteiger partial charge in [-0.05, 0) is 29.7 Å². The number of ether oxygens (including phenoxy) is 1. The second-order valence-electron chi connectivity index (χ2n) is 6.91. The summed E-state index contributed by atoms with van der Waals surface area (Å²) < 4.78 is 5.49. The van der Waals surface area contributed by atoms with Crippen LogP contribution in [0.2, 0.25) is 0 Å². The molecule has 0 atom stereocenters. The van der Waals surface area contributed by atoms with Crippen molar-refractivity contribution in [3.05, 3.63) is 65.2 Å². The maximum Gasteiger partial charge on any atom is 0.193 e. The Labute approximate surface area is 185 Å². The zero-order valence-electron chi connectivity index (χ0n) is 17.0. The number of morpholine rings is 1. The first kappa shape index (κ1) is 22.5. The molecule has 0 spiro atoms. The minimum atomic E-state index is 0. The molecule has 0 unspecified atom stereocenters. The molecule has 2 aromatic carbocycles. The lowest BCUT2D eigenvalue weighted by Crippen LogP contribution is -2.39. The molecule has 0 saturated carbocycles. The maximum absolute atomic E-state index is 5.49. The lowest BCUT2D eigenvalue weighted by atomic mass is 10.1. The number of aryl methyl sites for hydroxylation is 1. The third-order valence-electron chi connectivity index (χ3n) is 5.02. The average Bonchev–Trinajstić information content (AvgIpc) is 2.71. The van der Waals surface area contributed by atoms with Crippen molar-refractivity contribution < 1.29 is 4.74 Å². The summed E-state index contributed by atoms with van der Waals surface area (Å²) in [6, 6.07) is 17.1. The van der Waals surface area contributed by atoms with E-state index in [1.165, 1.54) is 22.4 Å².